The van der Waals surface area contributed by atoms with Crippen LogP contribution in [0, 0.1) is 0 Å². The summed E-state index contributed by atoms with van der Waals surface area (Å²) < 4.78 is 1.08. The van der Waals surface area contributed by atoms with E-state index < -0.39 is 0 Å². The van der Waals surface area contributed by atoms with Crippen LogP contribution in [0.25, 0.3) is 0 Å². The highest BCUT2D eigenvalue weighted by molar-refractivity contribution is 9.10. The quantitative estimate of drug-likeness (QED) is 0.928. The van der Waals surface area contributed by atoms with Gasteiger partial charge in [0.1, 0.15) is 17.5 Å². The van der Waals surface area contributed by atoms with Crippen molar-refractivity contribution in [3.05, 3.63) is 46.2 Å². The number of benzene rings is 1. The number of halogens is 1. The van der Waals surface area contributed by atoms with Gasteiger partial charge in [-0.2, -0.15) is 0 Å². The van der Waals surface area contributed by atoms with Crippen LogP contribution in [0.2, 0.25) is 0 Å². The van der Waals surface area contributed by atoms with Crippen LogP contribution in [0.4, 0.5) is 11.6 Å². The molecule has 1 heterocycles. The van der Waals surface area contributed by atoms with Crippen LogP contribution in [0.1, 0.15) is 31.2 Å². The molecule has 106 valence electrons. The van der Waals surface area contributed by atoms with Crippen molar-refractivity contribution in [2.24, 2.45) is 0 Å². The summed E-state index contributed by atoms with van der Waals surface area (Å²) in [5.41, 5.74) is 7.08. The highest BCUT2D eigenvalue weighted by atomic mass is 79.9. The fraction of sp³-hybridized carbons (Fsp3) is 0.333. The molecule has 1 aromatic heterocycles. The average molecular weight is 335 g/mol. The number of nitrogens with zero attached hydrogens (tertiary/aromatic N) is 3. The minimum absolute atomic E-state index is 0.261. The van der Waals surface area contributed by atoms with Crippen molar-refractivity contribution in [1.82, 2.24) is 9.97 Å². The smallest absolute Gasteiger partial charge is 0.135 e. The van der Waals surface area contributed by atoms with Gasteiger partial charge < -0.3 is 10.6 Å². The molecule has 0 unspecified atom stereocenters. The van der Waals surface area contributed by atoms with Gasteiger partial charge in [-0.3, -0.25) is 0 Å². The molecule has 0 spiro atoms. The first-order valence-electron chi connectivity index (χ1n) is 6.55. The number of rotatable bonds is 4. The molecule has 4 nitrogen and oxygen atoms in total. The van der Waals surface area contributed by atoms with Gasteiger partial charge in [0.2, 0.25) is 0 Å². The Morgan fingerprint density at radius 1 is 1.25 bits per heavy atom. The highest BCUT2D eigenvalue weighted by Gasteiger charge is 2.10. The van der Waals surface area contributed by atoms with Crippen LogP contribution in [-0.2, 0) is 6.54 Å². The van der Waals surface area contributed by atoms with E-state index >= 15 is 0 Å². The molecule has 0 saturated heterocycles. The second-order valence-electron chi connectivity index (χ2n) is 5.15. The first-order chi connectivity index (χ1) is 9.45. The molecule has 0 atom stereocenters. The zero-order valence-electron chi connectivity index (χ0n) is 12.0. The molecule has 0 aliphatic rings. The standard InChI is InChI=1S/C15H19BrN4/c1-10(2)15-18-13(17)8-14(19-15)20(3)9-11-5-4-6-12(16)7-11/h4-8,10H,9H2,1-3H3,(H2,17,18,19). The molecule has 2 aromatic rings. The van der Waals surface area contributed by atoms with Gasteiger partial charge in [0.15, 0.2) is 0 Å². The first kappa shape index (κ1) is 14.8. The third kappa shape index (κ3) is 3.70. The molecule has 0 aliphatic carbocycles. The zero-order chi connectivity index (χ0) is 14.7. The molecule has 0 bridgehead atoms. The zero-order valence-corrected chi connectivity index (χ0v) is 13.6. The SMILES string of the molecule is CC(C)c1nc(N)cc(N(C)Cc2cccc(Br)c2)n1. The van der Waals surface area contributed by atoms with Crippen molar-refractivity contribution in [3.63, 3.8) is 0 Å². The highest BCUT2D eigenvalue weighted by Crippen LogP contribution is 2.20. The van der Waals surface area contributed by atoms with Gasteiger partial charge in [-0.05, 0) is 17.7 Å². The van der Waals surface area contributed by atoms with Crippen LogP contribution < -0.4 is 10.6 Å². The van der Waals surface area contributed by atoms with Crippen molar-refractivity contribution in [2.45, 2.75) is 26.3 Å². The van der Waals surface area contributed by atoms with E-state index in [4.69, 9.17) is 5.73 Å². The second-order valence-corrected chi connectivity index (χ2v) is 6.07. The summed E-state index contributed by atoms with van der Waals surface area (Å²) in [6, 6.07) is 10.0. The summed E-state index contributed by atoms with van der Waals surface area (Å²) in [5, 5.41) is 0. The van der Waals surface area contributed by atoms with Crippen molar-refractivity contribution in [1.29, 1.82) is 0 Å². The number of anilines is 2. The molecule has 0 saturated carbocycles. The average Bonchev–Trinajstić information content (AvgIpc) is 2.37. The fourth-order valence-corrected chi connectivity index (χ4v) is 2.36. The van der Waals surface area contributed by atoms with Crippen molar-refractivity contribution in [3.8, 4) is 0 Å². The molecule has 1 aromatic carbocycles. The Kier molecular flexibility index (Phi) is 4.60. The van der Waals surface area contributed by atoms with Gasteiger partial charge in [0.25, 0.3) is 0 Å². The van der Waals surface area contributed by atoms with Crippen LogP contribution in [0.5, 0.6) is 0 Å². The van der Waals surface area contributed by atoms with Crippen molar-refractivity contribution in [2.75, 3.05) is 17.7 Å². The lowest BCUT2D eigenvalue weighted by atomic mass is 10.2. The van der Waals surface area contributed by atoms with Crippen LogP contribution in [0.15, 0.2) is 34.8 Å². The second kappa shape index (κ2) is 6.22. The van der Waals surface area contributed by atoms with Gasteiger partial charge >= 0.3 is 0 Å². The van der Waals surface area contributed by atoms with Crippen molar-refractivity contribution >= 4 is 27.6 Å². The van der Waals surface area contributed by atoms with E-state index in [-0.39, 0.29) is 5.92 Å². The molecule has 2 N–H and O–H groups in total. The number of hydrogen-bond donors (Lipinski definition) is 1. The normalized spacial score (nSPS) is 10.8. The molecule has 5 heteroatoms. The van der Waals surface area contributed by atoms with Crippen LogP contribution >= 0.6 is 15.9 Å². The van der Waals surface area contributed by atoms with Gasteiger partial charge in [0, 0.05) is 30.0 Å². The van der Waals surface area contributed by atoms with E-state index in [2.05, 4.69) is 56.8 Å². The predicted molar refractivity (Wildman–Crippen MR) is 86.8 cm³/mol. The molecule has 20 heavy (non-hydrogen) atoms. The molecule has 0 radical (unpaired) electrons. The topological polar surface area (TPSA) is 55.0 Å². The lowest BCUT2D eigenvalue weighted by molar-refractivity contribution is 0.765. The Morgan fingerprint density at radius 3 is 2.65 bits per heavy atom. The monoisotopic (exact) mass is 334 g/mol. The Labute approximate surface area is 128 Å². The fourth-order valence-electron chi connectivity index (χ4n) is 1.92. The lowest BCUT2D eigenvalue weighted by Gasteiger charge is -2.20. The minimum Gasteiger partial charge on any atom is -0.384 e. The molecule has 2 rings (SSSR count). The number of hydrogen-bond acceptors (Lipinski definition) is 4. The Morgan fingerprint density at radius 2 is 2.00 bits per heavy atom. The summed E-state index contributed by atoms with van der Waals surface area (Å²) in [7, 11) is 2.01. The number of nitrogens with two attached hydrogens (primary N) is 1. The summed E-state index contributed by atoms with van der Waals surface area (Å²) in [4.78, 5) is 10.9. The first-order valence-corrected chi connectivity index (χ1v) is 7.35. The van der Waals surface area contributed by atoms with E-state index in [1.165, 1.54) is 5.56 Å². The number of nitrogen functional groups attached to an aromatic ring is 1. The third-order valence-electron chi connectivity index (χ3n) is 2.97. The summed E-state index contributed by atoms with van der Waals surface area (Å²) in [6.45, 7) is 4.90. The molecular weight excluding hydrogens is 316 g/mol. The van der Waals surface area contributed by atoms with E-state index in [0.29, 0.717) is 5.82 Å². The Balaban J connectivity index is 2.22. The molecule has 0 aliphatic heterocycles. The summed E-state index contributed by atoms with van der Waals surface area (Å²) >= 11 is 3.49. The van der Waals surface area contributed by atoms with Gasteiger partial charge in [-0.25, -0.2) is 9.97 Å². The molecule has 0 fully saturated rings. The predicted octanol–water partition coefficient (Wildman–Crippen LogP) is 3.58. The van der Waals surface area contributed by atoms with E-state index in [1.54, 1.807) is 0 Å². The largest absolute Gasteiger partial charge is 0.384 e. The summed E-state index contributed by atoms with van der Waals surface area (Å²) in [5.74, 6) is 2.40. The third-order valence-corrected chi connectivity index (χ3v) is 3.46. The van der Waals surface area contributed by atoms with E-state index in [0.717, 1.165) is 22.7 Å². The van der Waals surface area contributed by atoms with E-state index in [1.807, 2.05) is 25.2 Å². The maximum absolute atomic E-state index is 5.87. The maximum Gasteiger partial charge on any atom is 0.135 e. The van der Waals surface area contributed by atoms with Crippen LogP contribution in [0.3, 0.4) is 0 Å². The number of aromatic nitrogens is 2. The van der Waals surface area contributed by atoms with E-state index in [9.17, 15) is 0 Å². The minimum atomic E-state index is 0.261. The molecular formula is C15H19BrN4. The summed E-state index contributed by atoms with van der Waals surface area (Å²) in [6.07, 6.45) is 0. The lowest BCUT2D eigenvalue weighted by Crippen LogP contribution is -2.19. The van der Waals surface area contributed by atoms with Crippen molar-refractivity contribution < 1.29 is 0 Å². The Bertz CT molecular complexity index is 598. The van der Waals surface area contributed by atoms with Gasteiger partial charge in [-0.1, -0.05) is 41.9 Å². The maximum atomic E-state index is 5.87. The van der Waals surface area contributed by atoms with Gasteiger partial charge in [0.05, 0.1) is 0 Å². The Hall–Kier alpha value is -1.62. The molecule has 0 amide bonds. The van der Waals surface area contributed by atoms with Crippen LogP contribution in [-0.4, -0.2) is 17.0 Å². The van der Waals surface area contributed by atoms with Gasteiger partial charge in [-0.15, -0.1) is 0 Å².